The van der Waals surface area contributed by atoms with Gasteiger partial charge in [-0.3, -0.25) is 14.5 Å². The molecule has 1 aromatic rings. The van der Waals surface area contributed by atoms with Gasteiger partial charge in [0.05, 0.1) is 6.61 Å². The van der Waals surface area contributed by atoms with E-state index in [1.54, 1.807) is 14.0 Å². The topological polar surface area (TPSA) is 53.1 Å². The predicted molar refractivity (Wildman–Crippen MR) is 102 cm³/mol. The highest BCUT2D eigenvalue weighted by Crippen LogP contribution is 2.21. The fraction of sp³-hybridized carbons (Fsp3) is 0.600. The molecule has 6 heteroatoms. The normalized spacial score (nSPS) is 21.5. The van der Waals surface area contributed by atoms with E-state index in [-0.39, 0.29) is 11.7 Å². The van der Waals surface area contributed by atoms with Crippen LogP contribution < -0.4 is 4.90 Å². The summed E-state index contributed by atoms with van der Waals surface area (Å²) < 4.78 is 5.08. The Morgan fingerprint density at radius 1 is 1.15 bits per heavy atom. The van der Waals surface area contributed by atoms with Crippen molar-refractivity contribution in [3.05, 3.63) is 29.8 Å². The second kappa shape index (κ2) is 8.64. The number of likely N-dealkylation sites (tertiary alicyclic amines) is 1. The van der Waals surface area contributed by atoms with Gasteiger partial charge < -0.3 is 14.5 Å². The summed E-state index contributed by atoms with van der Waals surface area (Å²) in [7, 11) is 1.67. The first-order valence-electron chi connectivity index (χ1n) is 9.42. The van der Waals surface area contributed by atoms with Gasteiger partial charge >= 0.3 is 0 Å². The molecule has 142 valence electrons. The van der Waals surface area contributed by atoms with E-state index < -0.39 is 0 Å². The molecule has 0 N–H and O–H groups in total. The van der Waals surface area contributed by atoms with Crippen LogP contribution in [-0.4, -0.2) is 81.0 Å². The van der Waals surface area contributed by atoms with Crippen molar-refractivity contribution in [3.8, 4) is 0 Å². The molecule has 0 aliphatic carbocycles. The van der Waals surface area contributed by atoms with Crippen molar-refractivity contribution in [2.45, 2.75) is 13.3 Å². The van der Waals surface area contributed by atoms with Crippen LogP contribution in [0.4, 0.5) is 5.69 Å². The third-order valence-corrected chi connectivity index (χ3v) is 5.39. The van der Waals surface area contributed by atoms with Gasteiger partial charge in [0.2, 0.25) is 5.91 Å². The van der Waals surface area contributed by atoms with Crippen molar-refractivity contribution in [3.63, 3.8) is 0 Å². The number of carbonyl (C=O) groups excluding carboxylic acids is 2. The predicted octanol–water partition coefficient (Wildman–Crippen LogP) is 1.51. The molecule has 2 aliphatic rings. The number of piperazine rings is 1. The Morgan fingerprint density at radius 3 is 2.46 bits per heavy atom. The molecule has 1 aromatic carbocycles. The van der Waals surface area contributed by atoms with Crippen molar-refractivity contribution in [2.75, 3.05) is 64.4 Å². The molecule has 2 saturated heterocycles. The van der Waals surface area contributed by atoms with Gasteiger partial charge in [-0.1, -0.05) is 0 Å². The third kappa shape index (κ3) is 4.62. The van der Waals surface area contributed by atoms with E-state index in [4.69, 9.17) is 4.74 Å². The van der Waals surface area contributed by atoms with Crippen LogP contribution in [0.1, 0.15) is 23.7 Å². The van der Waals surface area contributed by atoms with Crippen LogP contribution in [0.2, 0.25) is 0 Å². The van der Waals surface area contributed by atoms with E-state index in [0.717, 1.165) is 44.8 Å². The van der Waals surface area contributed by atoms with Gasteiger partial charge in [-0.05, 0) is 37.1 Å². The number of hydrogen-bond acceptors (Lipinski definition) is 5. The van der Waals surface area contributed by atoms with Crippen LogP contribution in [0.5, 0.6) is 0 Å². The van der Waals surface area contributed by atoms with Crippen LogP contribution in [0.25, 0.3) is 0 Å². The van der Waals surface area contributed by atoms with E-state index >= 15 is 0 Å². The number of methoxy groups -OCH3 is 1. The Bertz CT molecular complexity index is 624. The molecular formula is C20H29N3O3. The Balaban J connectivity index is 1.45. The van der Waals surface area contributed by atoms with Gasteiger partial charge in [-0.25, -0.2) is 0 Å². The minimum atomic E-state index is 0.104. The van der Waals surface area contributed by atoms with Crippen LogP contribution >= 0.6 is 0 Å². The van der Waals surface area contributed by atoms with Crippen LogP contribution in [0.3, 0.4) is 0 Å². The number of ketones is 1. The minimum absolute atomic E-state index is 0.104. The average molecular weight is 359 g/mol. The zero-order valence-corrected chi connectivity index (χ0v) is 15.8. The molecular weight excluding hydrogens is 330 g/mol. The van der Waals surface area contributed by atoms with Crippen molar-refractivity contribution in [1.29, 1.82) is 0 Å². The molecule has 6 nitrogen and oxygen atoms in total. The van der Waals surface area contributed by atoms with Gasteiger partial charge in [0.15, 0.2) is 5.78 Å². The summed E-state index contributed by atoms with van der Waals surface area (Å²) in [5, 5.41) is 0. The molecule has 0 spiro atoms. The summed E-state index contributed by atoms with van der Waals surface area (Å²) in [6.07, 6.45) is 0.663. The first-order chi connectivity index (χ1) is 12.6. The second-order valence-corrected chi connectivity index (χ2v) is 7.29. The number of benzene rings is 1. The highest BCUT2D eigenvalue weighted by molar-refractivity contribution is 5.94. The van der Waals surface area contributed by atoms with E-state index in [9.17, 15) is 9.59 Å². The highest BCUT2D eigenvalue weighted by Gasteiger charge is 2.31. The smallest absolute Gasteiger partial charge is 0.223 e. The lowest BCUT2D eigenvalue weighted by Crippen LogP contribution is -2.48. The fourth-order valence-corrected chi connectivity index (χ4v) is 3.85. The molecule has 1 atom stereocenters. The summed E-state index contributed by atoms with van der Waals surface area (Å²) in [5.41, 5.74) is 1.94. The molecule has 26 heavy (non-hydrogen) atoms. The third-order valence-electron chi connectivity index (χ3n) is 5.39. The summed E-state index contributed by atoms with van der Waals surface area (Å²) in [5.74, 6) is 0.795. The fourth-order valence-electron chi connectivity index (χ4n) is 3.85. The lowest BCUT2D eigenvalue weighted by atomic mass is 10.1. The van der Waals surface area contributed by atoms with Crippen molar-refractivity contribution in [1.82, 2.24) is 9.80 Å². The summed E-state index contributed by atoms with van der Waals surface area (Å²) in [6.45, 7) is 8.74. The molecule has 2 fully saturated rings. The molecule has 3 rings (SSSR count). The molecule has 2 heterocycles. The van der Waals surface area contributed by atoms with Gasteiger partial charge in [-0.15, -0.1) is 0 Å². The van der Waals surface area contributed by atoms with Gasteiger partial charge in [0.1, 0.15) is 0 Å². The van der Waals surface area contributed by atoms with E-state index in [0.29, 0.717) is 25.5 Å². The van der Waals surface area contributed by atoms with E-state index in [1.165, 1.54) is 5.69 Å². The lowest BCUT2D eigenvalue weighted by molar-refractivity contribution is -0.128. The molecule has 1 unspecified atom stereocenters. The number of nitrogens with zero attached hydrogens (tertiary/aromatic N) is 3. The first kappa shape index (κ1) is 18.9. The maximum absolute atomic E-state index is 12.1. The lowest BCUT2D eigenvalue weighted by Gasteiger charge is -2.37. The highest BCUT2D eigenvalue weighted by atomic mass is 16.5. The van der Waals surface area contributed by atoms with Gasteiger partial charge in [0.25, 0.3) is 0 Å². The zero-order valence-electron chi connectivity index (χ0n) is 15.8. The van der Waals surface area contributed by atoms with Crippen LogP contribution in [-0.2, 0) is 9.53 Å². The molecule has 1 amide bonds. The number of rotatable bonds is 7. The molecule has 0 radical (unpaired) electrons. The number of hydrogen-bond donors (Lipinski definition) is 0. The largest absolute Gasteiger partial charge is 0.383 e. The summed E-state index contributed by atoms with van der Waals surface area (Å²) in [4.78, 5) is 30.2. The van der Waals surface area contributed by atoms with Crippen LogP contribution in [0.15, 0.2) is 24.3 Å². The Labute approximate surface area is 155 Å². The maximum Gasteiger partial charge on any atom is 0.223 e. The average Bonchev–Trinajstić information content (AvgIpc) is 3.00. The number of amides is 1. The van der Waals surface area contributed by atoms with Gasteiger partial charge in [0, 0.05) is 70.6 Å². The SMILES string of the molecule is COCCN1CC(CN2CCN(c3ccc(C(C)=O)cc3)CC2)CC1=O. The summed E-state index contributed by atoms with van der Waals surface area (Å²) in [6, 6.07) is 7.89. The van der Waals surface area contributed by atoms with E-state index in [2.05, 4.69) is 9.80 Å². The number of anilines is 1. The number of ether oxygens (including phenoxy) is 1. The molecule has 0 bridgehead atoms. The number of carbonyl (C=O) groups is 2. The van der Waals surface area contributed by atoms with Crippen LogP contribution in [0, 0.1) is 5.92 Å². The summed E-state index contributed by atoms with van der Waals surface area (Å²) >= 11 is 0. The standard InChI is InChI=1S/C20H29N3O3/c1-16(24)18-3-5-19(6-4-18)22-9-7-21(8-10-22)14-17-13-20(25)23(15-17)11-12-26-2/h3-6,17H,7-15H2,1-2H3. The second-order valence-electron chi connectivity index (χ2n) is 7.29. The number of Topliss-reactive ketones (excluding diaryl/α,β-unsaturated/α-hetero) is 1. The Morgan fingerprint density at radius 2 is 1.85 bits per heavy atom. The molecule has 0 aromatic heterocycles. The minimum Gasteiger partial charge on any atom is -0.383 e. The van der Waals surface area contributed by atoms with Crippen molar-refractivity contribution < 1.29 is 14.3 Å². The Hall–Kier alpha value is -1.92. The molecule has 0 saturated carbocycles. The Kier molecular flexibility index (Phi) is 6.27. The monoisotopic (exact) mass is 359 g/mol. The van der Waals surface area contributed by atoms with Crippen molar-refractivity contribution >= 4 is 17.4 Å². The van der Waals surface area contributed by atoms with Gasteiger partial charge in [-0.2, -0.15) is 0 Å². The van der Waals surface area contributed by atoms with Crippen molar-refractivity contribution in [2.24, 2.45) is 5.92 Å². The first-order valence-corrected chi connectivity index (χ1v) is 9.42. The quantitative estimate of drug-likeness (QED) is 0.691. The molecule has 2 aliphatic heterocycles. The van der Waals surface area contributed by atoms with E-state index in [1.807, 2.05) is 29.2 Å². The maximum atomic E-state index is 12.1. The zero-order chi connectivity index (χ0) is 18.5.